The van der Waals surface area contributed by atoms with Crippen LogP contribution in [-0.4, -0.2) is 10.9 Å². The van der Waals surface area contributed by atoms with Crippen LogP contribution in [0.5, 0.6) is 0 Å². The summed E-state index contributed by atoms with van der Waals surface area (Å²) in [7, 11) is 0. The number of hydrogen-bond acceptors (Lipinski definition) is 2. The van der Waals surface area contributed by atoms with Gasteiger partial charge in [-0.1, -0.05) is 30.3 Å². The number of carbonyl (C=O) groups is 1. The maximum atomic E-state index is 12.0. The van der Waals surface area contributed by atoms with E-state index >= 15 is 0 Å². The smallest absolute Gasteiger partial charge is 0.172 e. The number of rotatable bonds is 1. The summed E-state index contributed by atoms with van der Waals surface area (Å²) in [6.45, 7) is 0. The first-order valence-corrected chi connectivity index (χ1v) is 5.55. The van der Waals surface area contributed by atoms with Crippen LogP contribution in [0.25, 0.3) is 0 Å². The quantitative estimate of drug-likeness (QED) is 0.755. The van der Waals surface area contributed by atoms with Crippen molar-refractivity contribution in [2.45, 2.75) is 24.9 Å². The van der Waals surface area contributed by atoms with E-state index < -0.39 is 5.60 Å². The number of Topliss-reactive ketones (excluding diaryl/α,β-unsaturated/α-hetero) is 1. The molecular formula is C13H14O2. The number of ketones is 1. The Bertz CT molecular complexity index is 398. The zero-order valence-electron chi connectivity index (χ0n) is 8.52. The summed E-state index contributed by atoms with van der Waals surface area (Å²) in [4.78, 5) is 12.0. The molecule has 0 saturated heterocycles. The van der Waals surface area contributed by atoms with E-state index in [0.717, 1.165) is 24.8 Å². The minimum atomic E-state index is -1.18. The van der Waals surface area contributed by atoms with Crippen LogP contribution in [0, 0.1) is 11.8 Å². The van der Waals surface area contributed by atoms with Crippen LogP contribution < -0.4 is 0 Å². The number of aliphatic hydroxyl groups is 1. The molecule has 3 rings (SSSR count). The summed E-state index contributed by atoms with van der Waals surface area (Å²) >= 11 is 0. The molecule has 3 atom stereocenters. The molecule has 2 fully saturated rings. The van der Waals surface area contributed by atoms with Gasteiger partial charge in [0, 0.05) is 5.92 Å². The van der Waals surface area contributed by atoms with Crippen LogP contribution in [0.3, 0.4) is 0 Å². The lowest BCUT2D eigenvalue weighted by atomic mass is 9.78. The largest absolute Gasteiger partial charge is 0.377 e. The fraction of sp³-hybridized carbons (Fsp3) is 0.462. The van der Waals surface area contributed by atoms with Gasteiger partial charge in [-0.25, -0.2) is 0 Å². The fourth-order valence-electron chi connectivity index (χ4n) is 3.18. The summed E-state index contributed by atoms with van der Waals surface area (Å²) < 4.78 is 0. The molecule has 0 aliphatic heterocycles. The topological polar surface area (TPSA) is 37.3 Å². The van der Waals surface area contributed by atoms with Crippen molar-refractivity contribution in [2.75, 3.05) is 0 Å². The third kappa shape index (κ3) is 1.06. The molecule has 2 nitrogen and oxygen atoms in total. The highest BCUT2D eigenvalue weighted by molar-refractivity contribution is 5.93. The third-order valence-corrected chi connectivity index (χ3v) is 3.98. The molecule has 1 N–H and O–H groups in total. The maximum absolute atomic E-state index is 12.0. The number of benzene rings is 1. The molecule has 2 heteroatoms. The second-order valence-electron chi connectivity index (χ2n) is 4.70. The monoisotopic (exact) mass is 202 g/mol. The van der Waals surface area contributed by atoms with Crippen molar-refractivity contribution in [3.8, 4) is 0 Å². The Balaban J connectivity index is 2.08. The first kappa shape index (κ1) is 9.10. The van der Waals surface area contributed by atoms with Crippen molar-refractivity contribution in [3.05, 3.63) is 35.9 Å². The Morgan fingerprint density at radius 1 is 1.20 bits per heavy atom. The van der Waals surface area contributed by atoms with Crippen LogP contribution in [0.15, 0.2) is 30.3 Å². The van der Waals surface area contributed by atoms with Gasteiger partial charge >= 0.3 is 0 Å². The van der Waals surface area contributed by atoms with Gasteiger partial charge in [0.05, 0.1) is 0 Å². The van der Waals surface area contributed by atoms with E-state index in [2.05, 4.69) is 0 Å². The highest BCUT2D eigenvalue weighted by atomic mass is 16.3. The minimum absolute atomic E-state index is 0.0463. The van der Waals surface area contributed by atoms with Gasteiger partial charge < -0.3 is 5.11 Å². The van der Waals surface area contributed by atoms with Crippen LogP contribution in [0.2, 0.25) is 0 Å². The minimum Gasteiger partial charge on any atom is -0.377 e. The Labute approximate surface area is 88.9 Å². The standard InChI is InChI=1S/C13H14O2/c14-12-9-6-7-11(8-9)13(12,15)10-4-2-1-3-5-10/h1-5,9,11,15H,6-8H2/t9-,11+,13+/m0/s1. The molecule has 0 unspecified atom stereocenters. The van der Waals surface area contributed by atoms with Gasteiger partial charge in [0.15, 0.2) is 11.4 Å². The molecule has 78 valence electrons. The lowest BCUT2D eigenvalue weighted by molar-refractivity contribution is -0.143. The van der Waals surface area contributed by atoms with E-state index in [4.69, 9.17) is 0 Å². The van der Waals surface area contributed by atoms with Crippen LogP contribution in [-0.2, 0) is 10.4 Å². The Morgan fingerprint density at radius 3 is 2.53 bits per heavy atom. The van der Waals surface area contributed by atoms with E-state index in [1.165, 1.54) is 0 Å². The molecule has 0 aromatic heterocycles. The van der Waals surface area contributed by atoms with E-state index in [1.54, 1.807) is 0 Å². The van der Waals surface area contributed by atoms with Gasteiger partial charge in [-0.05, 0) is 30.7 Å². The van der Waals surface area contributed by atoms with Gasteiger partial charge in [-0.15, -0.1) is 0 Å². The van der Waals surface area contributed by atoms with Crippen molar-refractivity contribution in [1.82, 2.24) is 0 Å². The average Bonchev–Trinajstić information content (AvgIpc) is 2.84. The van der Waals surface area contributed by atoms with Gasteiger partial charge in [-0.3, -0.25) is 4.79 Å². The normalized spacial score (nSPS) is 38.6. The van der Waals surface area contributed by atoms with Crippen molar-refractivity contribution in [3.63, 3.8) is 0 Å². The molecule has 2 bridgehead atoms. The Hall–Kier alpha value is -1.15. The van der Waals surface area contributed by atoms with E-state index in [-0.39, 0.29) is 17.6 Å². The zero-order valence-corrected chi connectivity index (χ0v) is 8.52. The van der Waals surface area contributed by atoms with Crippen LogP contribution in [0.4, 0.5) is 0 Å². The van der Waals surface area contributed by atoms with Crippen molar-refractivity contribution in [1.29, 1.82) is 0 Å². The predicted molar refractivity (Wildman–Crippen MR) is 56.2 cm³/mol. The molecule has 2 saturated carbocycles. The molecule has 2 aliphatic rings. The number of hydrogen-bond donors (Lipinski definition) is 1. The molecule has 2 aliphatic carbocycles. The molecule has 0 heterocycles. The van der Waals surface area contributed by atoms with Gasteiger partial charge in [-0.2, -0.15) is 0 Å². The summed E-state index contributed by atoms with van der Waals surface area (Å²) in [5.74, 6) is 0.308. The van der Waals surface area contributed by atoms with Crippen molar-refractivity contribution < 1.29 is 9.90 Å². The Morgan fingerprint density at radius 2 is 1.93 bits per heavy atom. The average molecular weight is 202 g/mol. The number of carbonyl (C=O) groups excluding carboxylic acids is 1. The van der Waals surface area contributed by atoms with E-state index in [1.807, 2.05) is 30.3 Å². The van der Waals surface area contributed by atoms with E-state index in [0.29, 0.717) is 0 Å². The van der Waals surface area contributed by atoms with Crippen molar-refractivity contribution in [2.24, 2.45) is 11.8 Å². The van der Waals surface area contributed by atoms with Crippen LogP contribution in [0.1, 0.15) is 24.8 Å². The molecule has 0 amide bonds. The third-order valence-electron chi connectivity index (χ3n) is 3.98. The molecule has 0 spiro atoms. The number of fused-ring (bicyclic) bond motifs is 2. The summed E-state index contributed by atoms with van der Waals surface area (Å²) in [6.07, 6.45) is 2.84. The first-order valence-electron chi connectivity index (χ1n) is 5.55. The second-order valence-corrected chi connectivity index (χ2v) is 4.70. The lowest BCUT2D eigenvalue weighted by Gasteiger charge is -2.31. The molecule has 1 aromatic rings. The molecular weight excluding hydrogens is 188 g/mol. The van der Waals surface area contributed by atoms with Crippen molar-refractivity contribution >= 4 is 5.78 Å². The maximum Gasteiger partial charge on any atom is 0.172 e. The molecule has 1 aromatic carbocycles. The van der Waals surface area contributed by atoms with Crippen LogP contribution >= 0.6 is 0 Å². The fourth-order valence-corrected chi connectivity index (χ4v) is 3.18. The van der Waals surface area contributed by atoms with Gasteiger partial charge in [0.1, 0.15) is 0 Å². The SMILES string of the molecule is O=C1[C@H]2CC[C@H](C2)[C@]1(O)c1ccccc1. The first-order chi connectivity index (χ1) is 7.23. The lowest BCUT2D eigenvalue weighted by Crippen LogP contribution is -2.40. The zero-order chi connectivity index (χ0) is 10.5. The predicted octanol–water partition coefficient (Wildman–Crippen LogP) is 1.87. The highest BCUT2D eigenvalue weighted by Gasteiger charge is 2.57. The summed E-state index contributed by atoms with van der Waals surface area (Å²) in [6, 6.07) is 9.39. The summed E-state index contributed by atoms with van der Waals surface area (Å²) in [5, 5.41) is 10.6. The second kappa shape index (κ2) is 2.92. The van der Waals surface area contributed by atoms with Gasteiger partial charge in [0.2, 0.25) is 0 Å². The summed E-state index contributed by atoms with van der Waals surface area (Å²) in [5.41, 5.74) is -0.397. The van der Waals surface area contributed by atoms with E-state index in [9.17, 15) is 9.90 Å². The van der Waals surface area contributed by atoms with Gasteiger partial charge in [0.25, 0.3) is 0 Å². The Kier molecular flexibility index (Phi) is 1.77. The molecule has 0 radical (unpaired) electrons. The molecule has 15 heavy (non-hydrogen) atoms. The highest BCUT2D eigenvalue weighted by Crippen LogP contribution is 2.52.